The Bertz CT molecular complexity index is 2610. The van der Waals surface area contributed by atoms with Crippen LogP contribution in [-0.2, 0) is 28.7 Å². The minimum atomic E-state index is -1.14. The van der Waals surface area contributed by atoms with Gasteiger partial charge < -0.3 is 50.7 Å². The Morgan fingerprint density at radius 2 is 0.364 bits per heavy atom. The highest BCUT2D eigenvalue weighted by molar-refractivity contribution is 5.76. The third-order valence-electron chi connectivity index (χ3n) is 29.9. The molecule has 6 atom stereocenters. The molecule has 0 radical (unpaired) electrons. The fourth-order valence-electron chi connectivity index (χ4n) is 20.1. The van der Waals surface area contributed by atoms with E-state index >= 15 is 0 Å². The molecule has 0 aromatic heterocycles. The van der Waals surface area contributed by atoms with E-state index < -0.39 is 36.5 Å². The number of hydrogen-bond acceptors (Lipinski definition) is 12. The van der Waals surface area contributed by atoms with Crippen molar-refractivity contribution < 1.29 is 59.3 Å². The molecule has 0 rings (SSSR count). The molecule has 0 saturated carbocycles. The van der Waals surface area contributed by atoms with Crippen molar-refractivity contribution in [2.75, 3.05) is 26.4 Å². The lowest BCUT2D eigenvalue weighted by Gasteiger charge is -2.26. The van der Waals surface area contributed by atoms with Crippen LogP contribution >= 0.6 is 0 Å². The average Bonchev–Trinajstić information content (AvgIpc) is 0.902. The number of aliphatic hydroxyl groups excluding tert-OH is 6. The summed E-state index contributed by atoms with van der Waals surface area (Å²) in [7, 11) is 0. The van der Waals surface area contributed by atoms with E-state index in [1.807, 2.05) is 0 Å². The maximum absolute atomic E-state index is 12.5. The van der Waals surface area contributed by atoms with E-state index in [1.54, 1.807) is 0 Å². The first-order valence-corrected chi connectivity index (χ1v) is 63.9. The molecule has 8 N–H and O–H groups in total. The molecule has 0 unspecified atom stereocenters. The minimum Gasteiger partial charge on any atom is -0.466 e. The van der Waals surface area contributed by atoms with Gasteiger partial charge >= 0.3 is 11.9 Å². The topological polar surface area (TPSA) is 232 Å². The van der Waals surface area contributed by atoms with E-state index in [0.29, 0.717) is 51.7 Å². The first-order chi connectivity index (χ1) is 70.4. The number of nitrogens with one attached hydrogen (secondary N) is 2. The standard InChI is InChI=1S/C66H127NO6.C63H121NO6/c1-3-5-7-9-11-13-15-17-31-35-39-43-47-51-55-59-65(71)73-60-56-52-48-44-40-36-33-30-28-26-24-22-20-18-19-21-23-25-27-29-32-34-38-42-46-50-54-58-64(70)67-62(61-68)66(72)63(69)57-53-49-45-41-37-16-14-12-10-8-6-4-2;1-3-5-7-9-11-13-15-17-28-32-36-40-44-48-52-56-62(68)70-57-53-49-45-41-37-33-30-27-25-23-21-19-18-20-22-24-26-29-31-35-39-43-47-51-55-61(67)64-59(58-65)63(69)60(66)54-50-46-42-38-34-16-14-12-10-8-6-4-2/h11,13,17,31,62-63,66,68-69,72H,3-10,12,14-16,18-30,32-61H2,1-2H3,(H,67,70);11,13,17,28,59-60,63,65-66,69H,3-10,12,14-16,18-27,29-58H2,1-2H3,(H,64,67)/b13-11-,31-17-;13-11-,28-17-/t62-,63+,66-;59-,60+,63-/m00/s1. The summed E-state index contributed by atoms with van der Waals surface area (Å²) < 4.78 is 11.0. The normalized spacial score (nSPS) is 13.1. The molecule has 0 bridgehead atoms. The Balaban J connectivity index is 0. The van der Waals surface area contributed by atoms with Crippen molar-refractivity contribution in [2.45, 2.75) is 726 Å². The Labute approximate surface area is 888 Å². The lowest BCUT2D eigenvalue weighted by atomic mass is 9.99. The summed E-state index contributed by atoms with van der Waals surface area (Å²) in [6, 6.07) is -1.62. The number of unbranched alkanes of at least 4 members (excludes halogenated alkanes) is 87. The number of amides is 2. The second-order valence-corrected chi connectivity index (χ2v) is 44.1. The number of rotatable bonds is 119. The average molecular weight is 2020 g/mol. The molecule has 0 aromatic carbocycles. The molecule has 2 amide bonds. The van der Waals surface area contributed by atoms with Crippen molar-refractivity contribution in [3.8, 4) is 0 Å². The Kier molecular flexibility index (Phi) is 123. The minimum absolute atomic E-state index is 0.00137. The number of allylic oxidation sites excluding steroid dienone is 8. The Morgan fingerprint density at radius 3 is 0.566 bits per heavy atom. The predicted octanol–water partition coefficient (Wildman–Crippen LogP) is 37.9. The van der Waals surface area contributed by atoms with E-state index in [1.165, 1.54) is 494 Å². The van der Waals surface area contributed by atoms with Gasteiger partial charge in [-0.05, 0) is 116 Å². The molecule has 0 heterocycles. The van der Waals surface area contributed by atoms with E-state index in [-0.39, 0.29) is 37.0 Å². The van der Waals surface area contributed by atoms with Gasteiger partial charge in [-0.2, -0.15) is 0 Å². The van der Waals surface area contributed by atoms with Crippen LogP contribution in [0.2, 0.25) is 0 Å². The molecule has 0 fully saturated rings. The predicted molar refractivity (Wildman–Crippen MR) is 619 cm³/mol. The van der Waals surface area contributed by atoms with Gasteiger partial charge in [-0.1, -0.05) is 596 Å². The van der Waals surface area contributed by atoms with Crippen LogP contribution in [0.1, 0.15) is 689 Å². The quantitative estimate of drug-likeness (QED) is 0.0161. The summed E-state index contributed by atoms with van der Waals surface area (Å²) in [6.07, 6.45) is 140. The summed E-state index contributed by atoms with van der Waals surface area (Å²) in [5.74, 6) is -0.291. The smallest absolute Gasteiger partial charge is 0.305 e. The fourth-order valence-corrected chi connectivity index (χ4v) is 20.1. The molecule has 846 valence electrons. The molecular weight excluding hydrogens is 1770 g/mol. The third kappa shape index (κ3) is 116. The Morgan fingerprint density at radius 1 is 0.203 bits per heavy atom. The third-order valence-corrected chi connectivity index (χ3v) is 29.9. The first-order valence-electron chi connectivity index (χ1n) is 63.9. The van der Waals surface area contributed by atoms with E-state index in [4.69, 9.17) is 9.47 Å². The van der Waals surface area contributed by atoms with E-state index in [0.717, 1.165) is 128 Å². The number of aliphatic hydroxyl groups is 6. The second-order valence-electron chi connectivity index (χ2n) is 44.1. The SMILES string of the molecule is CCCCC/C=C\C/C=C\CCCCCCCC(=O)OCCCCCCCCCCCCCCCCCCCCCCCCCCC(=O)N[C@@H](CO)[C@H](O)[C@H](O)CCCCCCCCCCCCCC.CCCCC/C=C\C/C=C\CCCCCCCC(=O)OCCCCCCCCCCCCCCCCCCCCCCCCCCCCCC(=O)N[C@@H](CO)[C@H](O)[C@H](O)CCCCCCCCCCCCCC. The van der Waals surface area contributed by atoms with Crippen LogP contribution in [0.4, 0.5) is 0 Å². The van der Waals surface area contributed by atoms with Crippen LogP contribution in [0, 0.1) is 0 Å². The molecule has 143 heavy (non-hydrogen) atoms. The molecule has 14 nitrogen and oxygen atoms in total. The van der Waals surface area contributed by atoms with E-state index in [2.05, 4.69) is 86.9 Å². The van der Waals surface area contributed by atoms with Crippen molar-refractivity contribution in [3.05, 3.63) is 48.6 Å². The van der Waals surface area contributed by atoms with Gasteiger partial charge in [0.15, 0.2) is 0 Å². The van der Waals surface area contributed by atoms with Gasteiger partial charge in [0.25, 0.3) is 0 Å². The number of hydrogen-bond donors (Lipinski definition) is 8. The molecular formula is C129H248N2O12. The summed E-state index contributed by atoms with van der Waals surface area (Å²) in [6.45, 7) is 9.50. The van der Waals surface area contributed by atoms with Gasteiger partial charge in [-0.15, -0.1) is 0 Å². The van der Waals surface area contributed by atoms with Crippen molar-refractivity contribution in [1.82, 2.24) is 10.6 Å². The molecule has 0 aromatic rings. The zero-order valence-electron chi connectivity index (χ0n) is 95.9. The maximum atomic E-state index is 12.5. The van der Waals surface area contributed by atoms with Crippen molar-refractivity contribution in [3.63, 3.8) is 0 Å². The summed E-state index contributed by atoms with van der Waals surface area (Å²) >= 11 is 0. The molecule has 0 aliphatic carbocycles. The number of ether oxygens (including phenoxy) is 2. The van der Waals surface area contributed by atoms with Crippen LogP contribution in [0.25, 0.3) is 0 Å². The molecule has 0 spiro atoms. The van der Waals surface area contributed by atoms with Gasteiger partial charge in [0.1, 0.15) is 12.2 Å². The molecule has 0 aliphatic heterocycles. The van der Waals surface area contributed by atoms with Crippen molar-refractivity contribution >= 4 is 23.8 Å². The van der Waals surface area contributed by atoms with Crippen LogP contribution in [0.5, 0.6) is 0 Å². The molecule has 14 heteroatoms. The lowest BCUT2D eigenvalue weighted by molar-refractivity contribution is -0.144. The van der Waals surface area contributed by atoms with Crippen molar-refractivity contribution in [1.29, 1.82) is 0 Å². The highest BCUT2D eigenvalue weighted by atomic mass is 16.5. The van der Waals surface area contributed by atoms with Crippen LogP contribution in [0.15, 0.2) is 48.6 Å². The largest absolute Gasteiger partial charge is 0.466 e. The Hall–Kier alpha value is -3.40. The van der Waals surface area contributed by atoms with Gasteiger partial charge in [0.05, 0.1) is 50.7 Å². The number of carbonyl (C=O) groups excluding carboxylic acids is 4. The van der Waals surface area contributed by atoms with Crippen molar-refractivity contribution in [2.24, 2.45) is 0 Å². The van der Waals surface area contributed by atoms with Crippen LogP contribution in [0.3, 0.4) is 0 Å². The molecule has 0 saturated heterocycles. The number of esters is 2. The summed E-state index contributed by atoms with van der Waals surface area (Å²) in [4.78, 5) is 49.1. The van der Waals surface area contributed by atoms with E-state index in [9.17, 15) is 49.8 Å². The highest BCUT2D eigenvalue weighted by Crippen LogP contribution is 2.25. The second kappa shape index (κ2) is 124. The molecule has 0 aliphatic rings. The fraction of sp³-hybridized carbons (Fsp3) is 0.907. The van der Waals surface area contributed by atoms with Gasteiger partial charge in [-0.25, -0.2) is 0 Å². The maximum Gasteiger partial charge on any atom is 0.305 e. The van der Waals surface area contributed by atoms with Crippen LogP contribution < -0.4 is 10.6 Å². The zero-order chi connectivity index (χ0) is 104. The van der Waals surface area contributed by atoms with Crippen LogP contribution in [-0.4, -0.2) is 117 Å². The van der Waals surface area contributed by atoms with Gasteiger partial charge in [-0.3, -0.25) is 19.2 Å². The van der Waals surface area contributed by atoms with Gasteiger partial charge in [0, 0.05) is 25.7 Å². The zero-order valence-corrected chi connectivity index (χ0v) is 95.9. The lowest BCUT2D eigenvalue weighted by Crippen LogP contribution is -2.50. The summed E-state index contributed by atoms with van der Waals surface area (Å²) in [5, 5.41) is 67.3. The monoisotopic (exact) mass is 2020 g/mol. The highest BCUT2D eigenvalue weighted by Gasteiger charge is 2.29. The number of carbonyl (C=O) groups is 4. The van der Waals surface area contributed by atoms with Gasteiger partial charge in [0.2, 0.25) is 11.8 Å². The summed E-state index contributed by atoms with van der Waals surface area (Å²) in [5.41, 5.74) is 0. The first kappa shape index (κ1) is 142.